The maximum atomic E-state index is 13.0. The van der Waals surface area contributed by atoms with Crippen molar-refractivity contribution in [2.45, 2.75) is 50.0 Å². The quantitative estimate of drug-likeness (QED) is 0.675. The van der Waals surface area contributed by atoms with Gasteiger partial charge >= 0.3 is 0 Å². The summed E-state index contributed by atoms with van der Waals surface area (Å²) in [5.41, 5.74) is 0.288. The van der Waals surface area contributed by atoms with Gasteiger partial charge in [0.15, 0.2) is 0 Å². The third-order valence-electron chi connectivity index (χ3n) is 5.81. The molecular formula is C20H33N3O4S. The summed E-state index contributed by atoms with van der Waals surface area (Å²) >= 11 is 0. The van der Waals surface area contributed by atoms with Gasteiger partial charge in [0.05, 0.1) is 7.11 Å². The molecule has 1 fully saturated rings. The zero-order chi connectivity index (χ0) is 20.9. The average molecular weight is 412 g/mol. The number of benzene rings is 1. The molecule has 1 saturated carbocycles. The van der Waals surface area contributed by atoms with E-state index in [0.29, 0.717) is 25.2 Å². The van der Waals surface area contributed by atoms with Gasteiger partial charge in [-0.05, 0) is 45.1 Å². The number of hydrogen-bond donors (Lipinski definition) is 1. The number of hydrogen-bond acceptors (Lipinski definition) is 5. The largest absolute Gasteiger partial charge is 0.495 e. The fourth-order valence-corrected chi connectivity index (χ4v) is 5.52. The van der Waals surface area contributed by atoms with Gasteiger partial charge in [-0.15, -0.1) is 0 Å². The molecule has 1 aliphatic carbocycles. The van der Waals surface area contributed by atoms with Crippen LogP contribution < -0.4 is 10.1 Å². The number of carbonyl (C=O) groups excluding carboxylic acids is 1. The normalized spacial score (nSPS) is 16.5. The molecule has 8 heteroatoms. The molecule has 2 rings (SSSR count). The lowest BCUT2D eigenvalue weighted by atomic mass is 9.96. The molecule has 0 unspecified atom stereocenters. The van der Waals surface area contributed by atoms with Gasteiger partial charge in [0, 0.05) is 30.7 Å². The first-order chi connectivity index (χ1) is 13.2. The minimum absolute atomic E-state index is 0.0227. The Morgan fingerprint density at radius 3 is 2.29 bits per heavy atom. The molecular weight excluding hydrogens is 378 g/mol. The summed E-state index contributed by atoms with van der Waals surface area (Å²) < 4.78 is 32.5. The van der Waals surface area contributed by atoms with E-state index < -0.39 is 10.0 Å². The van der Waals surface area contributed by atoms with E-state index in [4.69, 9.17) is 4.74 Å². The first kappa shape index (κ1) is 22.6. The van der Waals surface area contributed by atoms with E-state index in [-0.39, 0.29) is 22.1 Å². The summed E-state index contributed by atoms with van der Waals surface area (Å²) in [6.07, 6.45) is 4.40. The average Bonchev–Trinajstić information content (AvgIpc) is 3.16. The standard InChI is InChI=1S/C20H33N3O4S/c1-6-23(7-2)28(25,26)18-14-16(10-11-17(18)27-5)19(24)21-15-20(22(3)4)12-8-9-13-20/h10-11,14H,6-9,12-13,15H2,1-5H3,(H,21,24). The zero-order valence-electron chi connectivity index (χ0n) is 17.6. The molecule has 0 aromatic heterocycles. The van der Waals surface area contributed by atoms with Crippen LogP contribution in [0.5, 0.6) is 5.75 Å². The predicted molar refractivity (Wildman–Crippen MR) is 110 cm³/mol. The Morgan fingerprint density at radius 1 is 1.18 bits per heavy atom. The molecule has 1 N–H and O–H groups in total. The van der Waals surface area contributed by atoms with E-state index in [1.54, 1.807) is 26.0 Å². The summed E-state index contributed by atoms with van der Waals surface area (Å²) in [4.78, 5) is 15.0. The number of sulfonamides is 1. The summed E-state index contributed by atoms with van der Waals surface area (Å²) in [5, 5.41) is 3.01. The Balaban J connectivity index is 2.28. The topological polar surface area (TPSA) is 79.0 Å². The Kier molecular flexibility index (Phi) is 7.47. The maximum absolute atomic E-state index is 13.0. The van der Waals surface area contributed by atoms with Crippen molar-refractivity contribution in [2.24, 2.45) is 0 Å². The highest BCUT2D eigenvalue weighted by Crippen LogP contribution is 2.33. The first-order valence-electron chi connectivity index (χ1n) is 9.85. The number of rotatable bonds is 9. The van der Waals surface area contributed by atoms with E-state index >= 15 is 0 Å². The highest BCUT2D eigenvalue weighted by atomic mass is 32.2. The van der Waals surface area contributed by atoms with E-state index in [0.717, 1.165) is 25.7 Å². The SMILES string of the molecule is CCN(CC)S(=O)(=O)c1cc(C(=O)NCC2(N(C)C)CCCC2)ccc1OC. The van der Waals surface area contributed by atoms with Gasteiger partial charge in [0.2, 0.25) is 10.0 Å². The highest BCUT2D eigenvalue weighted by molar-refractivity contribution is 7.89. The number of methoxy groups -OCH3 is 1. The van der Waals surface area contributed by atoms with Crippen molar-refractivity contribution in [2.75, 3.05) is 40.8 Å². The fourth-order valence-electron chi connectivity index (χ4n) is 3.88. The smallest absolute Gasteiger partial charge is 0.251 e. The van der Waals surface area contributed by atoms with Gasteiger partial charge in [-0.1, -0.05) is 26.7 Å². The second-order valence-corrected chi connectivity index (χ2v) is 9.37. The van der Waals surface area contributed by atoms with Gasteiger partial charge in [-0.3, -0.25) is 4.79 Å². The van der Waals surface area contributed by atoms with Crippen molar-refractivity contribution in [3.05, 3.63) is 23.8 Å². The van der Waals surface area contributed by atoms with Crippen molar-refractivity contribution < 1.29 is 17.9 Å². The van der Waals surface area contributed by atoms with Crippen LogP contribution in [0, 0.1) is 0 Å². The van der Waals surface area contributed by atoms with Gasteiger partial charge in [-0.25, -0.2) is 8.42 Å². The lowest BCUT2D eigenvalue weighted by molar-refractivity contribution is 0.0899. The van der Waals surface area contributed by atoms with Crippen LogP contribution >= 0.6 is 0 Å². The Hall–Kier alpha value is -1.64. The van der Waals surface area contributed by atoms with Crippen LogP contribution in [0.1, 0.15) is 49.9 Å². The highest BCUT2D eigenvalue weighted by Gasteiger charge is 2.36. The number of carbonyl (C=O) groups is 1. The fraction of sp³-hybridized carbons (Fsp3) is 0.650. The molecule has 0 atom stereocenters. The van der Waals surface area contributed by atoms with Crippen LogP contribution in [0.4, 0.5) is 0 Å². The molecule has 0 radical (unpaired) electrons. The number of amides is 1. The molecule has 0 saturated heterocycles. The first-order valence-corrected chi connectivity index (χ1v) is 11.3. The van der Waals surface area contributed by atoms with E-state index in [9.17, 15) is 13.2 Å². The van der Waals surface area contributed by atoms with Crippen molar-refractivity contribution in [3.63, 3.8) is 0 Å². The molecule has 0 aliphatic heterocycles. The van der Waals surface area contributed by atoms with Crippen LogP contribution in [0.3, 0.4) is 0 Å². The van der Waals surface area contributed by atoms with Crippen LogP contribution in [0.15, 0.2) is 23.1 Å². The summed E-state index contributed by atoms with van der Waals surface area (Å²) in [7, 11) is 1.77. The monoisotopic (exact) mass is 411 g/mol. The van der Waals surface area contributed by atoms with Crippen LogP contribution in [0.25, 0.3) is 0 Å². The second-order valence-electron chi connectivity index (χ2n) is 7.46. The van der Waals surface area contributed by atoms with E-state index in [1.807, 2.05) is 14.1 Å². The Labute approximate surface area is 169 Å². The summed E-state index contributed by atoms with van der Waals surface area (Å²) in [6, 6.07) is 4.56. The van der Waals surface area contributed by atoms with E-state index in [1.165, 1.54) is 17.5 Å². The van der Waals surface area contributed by atoms with Gasteiger partial charge < -0.3 is 15.0 Å². The maximum Gasteiger partial charge on any atom is 0.251 e. The summed E-state index contributed by atoms with van der Waals surface area (Å²) in [6.45, 7) is 4.81. The van der Waals surface area contributed by atoms with Crippen LogP contribution in [0.2, 0.25) is 0 Å². The molecule has 1 aromatic carbocycles. The number of likely N-dealkylation sites (N-methyl/N-ethyl adjacent to an activating group) is 1. The Bertz CT molecular complexity index is 783. The van der Waals surface area contributed by atoms with Crippen molar-refractivity contribution in [1.82, 2.24) is 14.5 Å². The van der Waals surface area contributed by atoms with Crippen molar-refractivity contribution in [1.29, 1.82) is 0 Å². The van der Waals surface area contributed by atoms with E-state index in [2.05, 4.69) is 10.2 Å². The minimum atomic E-state index is -3.74. The zero-order valence-corrected chi connectivity index (χ0v) is 18.4. The molecule has 28 heavy (non-hydrogen) atoms. The van der Waals surface area contributed by atoms with Crippen LogP contribution in [-0.2, 0) is 10.0 Å². The minimum Gasteiger partial charge on any atom is -0.495 e. The molecule has 0 bridgehead atoms. The molecule has 158 valence electrons. The van der Waals surface area contributed by atoms with Crippen LogP contribution in [-0.4, -0.2) is 69.9 Å². The van der Waals surface area contributed by atoms with Gasteiger partial charge in [0.25, 0.3) is 5.91 Å². The molecule has 1 aliphatic rings. The second kappa shape index (κ2) is 9.24. The molecule has 1 aromatic rings. The Morgan fingerprint density at radius 2 is 1.79 bits per heavy atom. The number of nitrogens with zero attached hydrogens (tertiary/aromatic N) is 2. The number of ether oxygens (including phenoxy) is 1. The molecule has 1 amide bonds. The summed E-state index contributed by atoms with van der Waals surface area (Å²) in [5.74, 6) is -0.0317. The van der Waals surface area contributed by atoms with Gasteiger partial charge in [-0.2, -0.15) is 4.31 Å². The molecule has 0 heterocycles. The predicted octanol–water partition coefficient (Wildman–Crippen LogP) is 2.33. The number of nitrogens with one attached hydrogen (secondary N) is 1. The third kappa shape index (κ3) is 4.50. The lowest BCUT2D eigenvalue weighted by Gasteiger charge is -2.36. The van der Waals surface area contributed by atoms with Crippen molar-refractivity contribution in [3.8, 4) is 5.75 Å². The van der Waals surface area contributed by atoms with Crippen molar-refractivity contribution >= 4 is 15.9 Å². The molecule has 0 spiro atoms. The van der Waals surface area contributed by atoms with Gasteiger partial charge in [0.1, 0.15) is 10.6 Å². The molecule has 7 nitrogen and oxygen atoms in total. The lowest BCUT2D eigenvalue weighted by Crippen LogP contribution is -2.50. The third-order valence-corrected chi connectivity index (χ3v) is 7.88.